The van der Waals surface area contributed by atoms with Crippen LogP contribution in [0.25, 0.3) is 126 Å². The quantitative estimate of drug-likeness (QED) is 0.173. The van der Waals surface area contributed by atoms with Crippen molar-refractivity contribution in [1.82, 2.24) is 28.7 Å². The van der Waals surface area contributed by atoms with Crippen molar-refractivity contribution < 1.29 is 11.0 Å². The molecule has 0 bridgehead atoms. The Hall–Kier alpha value is -8.39. The number of hydrogen-bond donors (Lipinski definition) is 0. The highest BCUT2D eigenvalue weighted by Gasteiger charge is 2.26. The van der Waals surface area contributed by atoms with Crippen LogP contribution in [0.4, 0.5) is 0 Å². The van der Waals surface area contributed by atoms with Crippen molar-refractivity contribution >= 4 is 96.9 Å². The molecule has 64 heavy (non-hydrogen) atoms. The third kappa shape index (κ3) is 4.98. The van der Waals surface area contributed by atoms with E-state index in [0.717, 1.165) is 58.8 Å². The van der Waals surface area contributed by atoms with Gasteiger partial charge in [0.1, 0.15) is 0 Å². The van der Waals surface area contributed by atoms with Crippen LogP contribution in [0.1, 0.15) is 11.0 Å². The lowest BCUT2D eigenvalue weighted by Gasteiger charge is -2.19. The molecule has 0 amide bonds. The molecule has 0 atom stereocenters. The van der Waals surface area contributed by atoms with Crippen molar-refractivity contribution in [2.24, 2.45) is 0 Å². The minimum atomic E-state index is -0.417. The Balaban J connectivity index is 1.21. The van der Waals surface area contributed by atoms with Crippen molar-refractivity contribution in [1.29, 1.82) is 0 Å². The Morgan fingerprint density at radius 2 is 0.812 bits per heavy atom. The van der Waals surface area contributed by atoms with Crippen molar-refractivity contribution in [2.75, 3.05) is 0 Å². The van der Waals surface area contributed by atoms with Gasteiger partial charge in [0, 0.05) is 52.5 Å². The Morgan fingerprint density at radius 1 is 0.359 bits per heavy atom. The molecule has 9 aromatic carbocycles. The SMILES string of the molecule is [2H]c1c([2H])c([2H])c2c(c1[2H])c1ccccc1n2-c1nc(-c2c(-c3cccc4sc5ccccc5c34)cccc2-n2c3ccccc3c3ccccc32)nc(-n2c3ccccc3c3c([2H])c([2H])c([2H])c([2H])c32)n1. The average molecular weight is 843 g/mol. The number of thiophene rings is 1. The van der Waals surface area contributed by atoms with Crippen LogP contribution < -0.4 is 0 Å². The number of fused-ring (bicyclic) bond motifs is 12. The van der Waals surface area contributed by atoms with E-state index in [9.17, 15) is 5.48 Å². The van der Waals surface area contributed by atoms with Gasteiger partial charge in [-0.15, -0.1) is 11.3 Å². The predicted molar refractivity (Wildman–Crippen MR) is 267 cm³/mol. The van der Waals surface area contributed by atoms with Crippen molar-refractivity contribution in [3.63, 3.8) is 0 Å². The van der Waals surface area contributed by atoms with Gasteiger partial charge in [-0.2, -0.15) is 15.0 Å². The summed E-state index contributed by atoms with van der Waals surface area (Å²) in [4.78, 5) is 16.2. The molecule has 0 N–H and O–H groups in total. The van der Waals surface area contributed by atoms with Crippen LogP contribution >= 0.6 is 11.3 Å². The summed E-state index contributed by atoms with van der Waals surface area (Å²) >= 11 is 1.72. The van der Waals surface area contributed by atoms with Gasteiger partial charge in [-0.05, 0) is 65.7 Å². The summed E-state index contributed by atoms with van der Waals surface area (Å²) in [5, 5.41) is 5.98. The van der Waals surface area contributed by atoms with Gasteiger partial charge in [-0.25, -0.2) is 0 Å². The topological polar surface area (TPSA) is 53.5 Å². The lowest BCUT2D eigenvalue weighted by Crippen LogP contribution is -2.11. The summed E-state index contributed by atoms with van der Waals surface area (Å²) in [5.74, 6) is 0.262. The van der Waals surface area contributed by atoms with Gasteiger partial charge in [0.15, 0.2) is 5.82 Å². The van der Waals surface area contributed by atoms with Gasteiger partial charge in [-0.1, -0.05) is 152 Å². The fraction of sp³-hybridized carbons (Fsp3) is 0. The zero-order chi connectivity index (χ0) is 48.8. The molecule has 14 rings (SSSR count). The van der Waals surface area contributed by atoms with E-state index in [1.54, 1.807) is 20.5 Å². The molecule has 7 heteroatoms. The zero-order valence-electron chi connectivity index (χ0n) is 41.6. The Morgan fingerprint density at radius 3 is 1.41 bits per heavy atom. The zero-order valence-corrected chi connectivity index (χ0v) is 34.4. The predicted octanol–water partition coefficient (Wildman–Crippen LogP) is 14.9. The standard InChI is InChI=1S/C57H34N6S/c1-8-26-44-35(17-1)36-18-2-9-27-45(36)61(44)50-32-15-24-42(41-25-16-34-52-53(41)43-23-7-14-33-51(43)64-52)54(50)55-58-56(62-46-28-10-3-19-37(46)38-20-4-11-29-47(38)62)60-57(59-55)63-48-30-12-5-21-39(48)40-22-6-13-31-49(40)63/h1-34H/i3D,5D,10D,12D,19D,21D,28D,30D. The second-order valence-electron chi connectivity index (χ2n) is 15.8. The number of para-hydroxylation sites is 6. The number of rotatable bonds is 5. The van der Waals surface area contributed by atoms with Crippen LogP contribution in [0.2, 0.25) is 0 Å². The first-order chi connectivity index (χ1) is 35.1. The third-order valence-corrected chi connectivity index (χ3v) is 13.5. The van der Waals surface area contributed by atoms with Crippen LogP contribution in [0.15, 0.2) is 206 Å². The van der Waals surface area contributed by atoms with Crippen LogP contribution in [-0.2, 0) is 0 Å². The lowest BCUT2D eigenvalue weighted by atomic mass is 9.93. The van der Waals surface area contributed by atoms with Gasteiger partial charge in [-0.3, -0.25) is 9.13 Å². The third-order valence-electron chi connectivity index (χ3n) is 12.4. The van der Waals surface area contributed by atoms with Crippen molar-refractivity contribution in [2.45, 2.75) is 0 Å². The average Bonchev–Trinajstić information content (AvgIpc) is 4.17. The number of aromatic nitrogens is 6. The highest BCUT2D eigenvalue weighted by Crippen LogP contribution is 2.46. The molecule has 0 spiro atoms. The van der Waals surface area contributed by atoms with Crippen LogP contribution in [0.5, 0.6) is 0 Å². The molecule has 0 radical (unpaired) electrons. The molecule has 0 aliphatic heterocycles. The Labute approximate surface area is 381 Å². The van der Waals surface area contributed by atoms with E-state index in [-0.39, 0.29) is 65.0 Å². The molecule has 0 fully saturated rings. The molecule has 5 aromatic heterocycles. The molecule has 0 saturated carbocycles. The van der Waals surface area contributed by atoms with E-state index in [4.69, 9.17) is 20.4 Å². The fourth-order valence-corrected chi connectivity index (χ4v) is 10.9. The van der Waals surface area contributed by atoms with Gasteiger partial charge in [0.2, 0.25) is 11.9 Å². The smallest absolute Gasteiger partial charge is 0.240 e. The molecular formula is C57H34N6S. The maximum Gasteiger partial charge on any atom is 0.240 e. The van der Waals surface area contributed by atoms with Gasteiger partial charge >= 0.3 is 0 Å². The maximum absolute atomic E-state index is 9.45. The van der Waals surface area contributed by atoms with Gasteiger partial charge < -0.3 is 4.57 Å². The van der Waals surface area contributed by atoms with Gasteiger partial charge in [0.05, 0.1) is 55.3 Å². The summed E-state index contributed by atoms with van der Waals surface area (Å²) < 4.78 is 80.5. The van der Waals surface area contributed by atoms with Gasteiger partial charge in [0.25, 0.3) is 0 Å². The van der Waals surface area contributed by atoms with Crippen LogP contribution in [0, 0.1) is 0 Å². The number of nitrogens with zero attached hydrogens (tertiary/aromatic N) is 6. The molecule has 0 aliphatic rings. The van der Waals surface area contributed by atoms with Crippen molar-refractivity contribution in [3.8, 4) is 40.1 Å². The molecular weight excluding hydrogens is 801 g/mol. The summed E-state index contributed by atoms with van der Waals surface area (Å²) in [6.07, 6.45) is 0. The summed E-state index contributed by atoms with van der Waals surface area (Å²) in [6.45, 7) is 0. The fourth-order valence-electron chi connectivity index (χ4n) is 9.79. The monoisotopic (exact) mass is 842 g/mol. The highest BCUT2D eigenvalue weighted by atomic mass is 32.1. The number of hydrogen-bond acceptors (Lipinski definition) is 4. The molecule has 0 saturated heterocycles. The van der Waals surface area contributed by atoms with Crippen LogP contribution in [-0.4, -0.2) is 28.7 Å². The summed E-state index contributed by atoms with van der Waals surface area (Å²) in [7, 11) is 0. The first kappa shape index (κ1) is 28.3. The lowest BCUT2D eigenvalue weighted by molar-refractivity contribution is 0.892. The van der Waals surface area contributed by atoms with E-state index in [0.29, 0.717) is 38.1 Å². The highest BCUT2D eigenvalue weighted by molar-refractivity contribution is 7.25. The maximum atomic E-state index is 9.45. The Bertz CT molecular complexity index is 4500. The van der Waals surface area contributed by atoms with E-state index in [1.165, 1.54) is 0 Å². The molecule has 0 unspecified atom stereocenters. The van der Waals surface area contributed by atoms with E-state index < -0.39 is 12.1 Å². The number of benzene rings is 9. The van der Waals surface area contributed by atoms with E-state index in [1.807, 2.05) is 91.0 Å². The first-order valence-corrected chi connectivity index (χ1v) is 21.7. The molecule has 5 heterocycles. The normalized spacial score (nSPS) is 13.8. The van der Waals surface area contributed by atoms with E-state index in [2.05, 4.69) is 71.3 Å². The molecule has 6 nitrogen and oxygen atoms in total. The minimum absolute atomic E-state index is 0.0279. The summed E-state index contributed by atoms with van der Waals surface area (Å²) in [6, 6.07) is 49.5. The first-order valence-electron chi connectivity index (χ1n) is 24.9. The second-order valence-corrected chi connectivity index (χ2v) is 16.8. The largest absolute Gasteiger partial charge is 0.308 e. The second kappa shape index (κ2) is 13.6. The summed E-state index contributed by atoms with van der Waals surface area (Å²) in [5.41, 5.74) is 6.39. The molecule has 0 aliphatic carbocycles. The van der Waals surface area contributed by atoms with E-state index >= 15 is 0 Å². The van der Waals surface area contributed by atoms with Crippen molar-refractivity contribution in [3.05, 3.63) is 206 Å². The Kier molecular flexibility index (Phi) is 5.98. The van der Waals surface area contributed by atoms with Crippen LogP contribution in [0.3, 0.4) is 0 Å². The minimum Gasteiger partial charge on any atom is -0.308 e. The molecule has 14 aromatic rings. The molecule has 298 valence electrons.